The van der Waals surface area contributed by atoms with Crippen LogP contribution in [0.1, 0.15) is 42.6 Å². The van der Waals surface area contributed by atoms with Crippen molar-refractivity contribution in [1.29, 1.82) is 0 Å². The smallest absolute Gasteiger partial charge is 0.286 e. The van der Waals surface area contributed by atoms with Gasteiger partial charge in [-0.1, -0.05) is 37.6 Å². The third kappa shape index (κ3) is 4.48. The highest BCUT2D eigenvalue weighted by molar-refractivity contribution is 7.92. The van der Waals surface area contributed by atoms with Crippen LogP contribution in [0.3, 0.4) is 0 Å². The molecule has 2 unspecified atom stereocenters. The van der Waals surface area contributed by atoms with Gasteiger partial charge in [-0.05, 0) is 30.2 Å². The molecule has 0 aromatic heterocycles. The van der Waals surface area contributed by atoms with E-state index in [1.165, 1.54) is 32.2 Å². The molecule has 1 heterocycles. The maximum atomic E-state index is 14.3. The van der Waals surface area contributed by atoms with Crippen LogP contribution in [-0.2, 0) is 40.0 Å². The van der Waals surface area contributed by atoms with E-state index in [0.29, 0.717) is 6.42 Å². The van der Waals surface area contributed by atoms with E-state index >= 15 is 0 Å². The topological polar surface area (TPSA) is 168 Å². The van der Waals surface area contributed by atoms with Gasteiger partial charge in [-0.3, -0.25) is 23.9 Å². The van der Waals surface area contributed by atoms with Crippen LogP contribution in [0.25, 0.3) is 0 Å². The first kappa shape index (κ1) is 27.4. The van der Waals surface area contributed by atoms with Crippen LogP contribution in [0.5, 0.6) is 0 Å². The average Bonchev–Trinajstić information content (AvgIpc) is 2.82. The first-order valence-corrected chi connectivity index (χ1v) is 14.9. The number of sulfonamides is 2. The van der Waals surface area contributed by atoms with Gasteiger partial charge < -0.3 is 5.32 Å². The minimum Gasteiger partial charge on any atom is -0.341 e. The molecule has 2 aromatic rings. The molecule has 2 aromatic carbocycles. The van der Waals surface area contributed by atoms with Crippen molar-refractivity contribution in [3.63, 3.8) is 0 Å². The number of nitrogens with one attached hydrogen (secondary N) is 2. The number of hydroxylamine groups is 2. The lowest BCUT2D eigenvalue weighted by Crippen LogP contribution is -2.61. The van der Waals surface area contributed by atoms with Crippen molar-refractivity contribution >= 4 is 54.7 Å². The van der Waals surface area contributed by atoms with Gasteiger partial charge in [0.2, 0.25) is 15.9 Å². The Morgan fingerprint density at radius 2 is 1.89 bits per heavy atom. The molecule has 202 valence electrons. The average molecular weight is 563 g/mol. The van der Waals surface area contributed by atoms with Crippen LogP contribution in [-0.4, -0.2) is 58.6 Å². The maximum Gasteiger partial charge on any atom is 0.286 e. The summed E-state index contributed by atoms with van der Waals surface area (Å²) in [4.78, 5) is 45.6. The molecule has 14 heteroatoms. The fourth-order valence-electron chi connectivity index (χ4n) is 5.02. The Kier molecular flexibility index (Phi) is 6.93. The predicted molar refractivity (Wildman–Crippen MR) is 139 cm³/mol. The Balaban J connectivity index is 1.90. The SMILES string of the molecule is CCCC1(N(OC)C(C)=O)C(=O)C(C2=NS(=O)(=O)c3cc(NS(C)(=O)=O)ccc3N2)C(=O)c2ccccc21. The quantitative estimate of drug-likeness (QED) is 0.379. The number of fused-ring (bicyclic) bond motifs is 2. The van der Waals surface area contributed by atoms with Crippen molar-refractivity contribution in [3.8, 4) is 0 Å². The highest BCUT2D eigenvalue weighted by Crippen LogP contribution is 2.45. The summed E-state index contributed by atoms with van der Waals surface area (Å²) in [6.07, 6.45) is 1.43. The third-order valence-electron chi connectivity index (χ3n) is 6.31. The summed E-state index contributed by atoms with van der Waals surface area (Å²) in [6, 6.07) is 10.0. The van der Waals surface area contributed by atoms with E-state index in [2.05, 4.69) is 14.4 Å². The Hall–Kier alpha value is -3.62. The van der Waals surface area contributed by atoms with E-state index in [1.807, 2.05) is 0 Å². The molecule has 0 radical (unpaired) electrons. The fourth-order valence-corrected chi connectivity index (χ4v) is 6.75. The molecule has 0 fully saturated rings. The second kappa shape index (κ2) is 9.60. The summed E-state index contributed by atoms with van der Waals surface area (Å²) >= 11 is 0. The van der Waals surface area contributed by atoms with Crippen molar-refractivity contribution in [2.45, 2.75) is 37.1 Å². The van der Waals surface area contributed by atoms with E-state index in [0.717, 1.165) is 17.4 Å². The van der Waals surface area contributed by atoms with Crippen LogP contribution in [0, 0.1) is 5.92 Å². The molecule has 2 aliphatic rings. The zero-order valence-corrected chi connectivity index (χ0v) is 22.6. The van der Waals surface area contributed by atoms with Gasteiger partial charge in [0.25, 0.3) is 10.0 Å². The molecule has 0 saturated heterocycles. The van der Waals surface area contributed by atoms with Crippen molar-refractivity contribution in [1.82, 2.24) is 5.06 Å². The minimum atomic E-state index is -4.46. The number of hydrogen-bond acceptors (Lipinski definition) is 9. The second-order valence-electron chi connectivity index (χ2n) is 8.98. The van der Waals surface area contributed by atoms with Crippen LogP contribution < -0.4 is 10.0 Å². The molecule has 0 spiro atoms. The van der Waals surface area contributed by atoms with Crippen LogP contribution in [0.2, 0.25) is 0 Å². The summed E-state index contributed by atoms with van der Waals surface area (Å²) in [6.45, 7) is 3.03. The zero-order chi connectivity index (χ0) is 28.0. The number of nitrogens with zero attached hydrogens (tertiary/aromatic N) is 2. The van der Waals surface area contributed by atoms with Crippen molar-refractivity contribution < 1.29 is 36.1 Å². The van der Waals surface area contributed by atoms with E-state index in [4.69, 9.17) is 4.84 Å². The Labute approximate surface area is 220 Å². The number of ketones is 2. The highest BCUT2D eigenvalue weighted by atomic mass is 32.2. The molecule has 2 atom stereocenters. The molecular weight excluding hydrogens is 536 g/mol. The molecule has 0 saturated carbocycles. The maximum absolute atomic E-state index is 14.3. The van der Waals surface area contributed by atoms with E-state index < -0.39 is 54.8 Å². The number of benzene rings is 2. The second-order valence-corrected chi connectivity index (χ2v) is 12.3. The van der Waals surface area contributed by atoms with E-state index in [1.54, 1.807) is 25.1 Å². The molecule has 12 nitrogen and oxygen atoms in total. The summed E-state index contributed by atoms with van der Waals surface area (Å²) in [5.41, 5.74) is -1.31. The van der Waals surface area contributed by atoms with Crippen molar-refractivity contribution in [2.75, 3.05) is 23.4 Å². The first-order valence-electron chi connectivity index (χ1n) is 11.5. The predicted octanol–water partition coefficient (Wildman–Crippen LogP) is 2.06. The van der Waals surface area contributed by atoms with Crippen molar-refractivity contribution in [3.05, 3.63) is 53.6 Å². The molecule has 38 heavy (non-hydrogen) atoms. The number of carbonyl (C=O) groups excluding carboxylic acids is 3. The normalized spacial score (nSPS) is 22.0. The monoisotopic (exact) mass is 562 g/mol. The van der Waals surface area contributed by atoms with Gasteiger partial charge in [0.15, 0.2) is 17.1 Å². The number of carbonyl (C=O) groups is 3. The lowest BCUT2D eigenvalue weighted by atomic mass is 9.67. The van der Waals surface area contributed by atoms with Gasteiger partial charge >= 0.3 is 0 Å². The molecule has 1 amide bonds. The van der Waals surface area contributed by atoms with Crippen molar-refractivity contribution in [2.24, 2.45) is 10.3 Å². The molecule has 2 N–H and O–H groups in total. The summed E-state index contributed by atoms with van der Waals surface area (Å²) in [5, 5.41) is 3.70. The Morgan fingerprint density at radius 1 is 1.21 bits per heavy atom. The van der Waals surface area contributed by atoms with Gasteiger partial charge in [-0.15, -0.1) is 4.40 Å². The number of amidine groups is 1. The number of Topliss-reactive ketones (excluding diaryl/α,β-unsaturated/α-hetero) is 2. The molecule has 1 aliphatic heterocycles. The lowest BCUT2D eigenvalue weighted by molar-refractivity contribution is -0.213. The minimum absolute atomic E-state index is 0.00441. The largest absolute Gasteiger partial charge is 0.341 e. The van der Waals surface area contributed by atoms with Gasteiger partial charge in [0.05, 0.1) is 19.1 Å². The van der Waals surface area contributed by atoms with Crippen LogP contribution in [0.4, 0.5) is 11.4 Å². The highest BCUT2D eigenvalue weighted by Gasteiger charge is 2.58. The van der Waals surface area contributed by atoms with Gasteiger partial charge in [0.1, 0.15) is 16.6 Å². The molecule has 1 aliphatic carbocycles. The Morgan fingerprint density at radius 3 is 2.50 bits per heavy atom. The summed E-state index contributed by atoms with van der Waals surface area (Å²) < 4.78 is 55.5. The number of hydrogen-bond donors (Lipinski definition) is 2. The standard InChI is InChI=1S/C24H26N4O8S2/c1-5-12-24(28(36-3)14(2)29)17-9-7-6-8-16(17)21(30)20(22(24)31)23-25-18-11-10-15(26-37(4,32)33)13-19(18)38(34,35)27-23/h6-11,13,20,26H,5,12H2,1-4H3,(H,25,27). The third-order valence-corrected chi connectivity index (χ3v) is 8.25. The molecule has 4 rings (SSSR count). The summed E-state index contributed by atoms with van der Waals surface area (Å²) in [5.74, 6) is -4.15. The fraction of sp³-hybridized carbons (Fsp3) is 0.333. The number of anilines is 2. The van der Waals surface area contributed by atoms with Gasteiger partial charge in [0, 0.05) is 18.2 Å². The number of rotatable bonds is 7. The summed E-state index contributed by atoms with van der Waals surface area (Å²) in [7, 11) is -6.91. The van der Waals surface area contributed by atoms with E-state index in [-0.39, 0.29) is 33.8 Å². The molecule has 0 bridgehead atoms. The van der Waals surface area contributed by atoms with E-state index in [9.17, 15) is 31.2 Å². The van der Waals surface area contributed by atoms with Gasteiger partial charge in [-0.2, -0.15) is 8.42 Å². The lowest BCUT2D eigenvalue weighted by Gasteiger charge is -2.45. The Bertz CT molecular complexity index is 1600. The number of amides is 1. The van der Waals surface area contributed by atoms with Crippen LogP contribution >= 0.6 is 0 Å². The first-order chi connectivity index (χ1) is 17.8. The van der Waals surface area contributed by atoms with Crippen LogP contribution in [0.15, 0.2) is 51.8 Å². The zero-order valence-electron chi connectivity index (χ0n) is 21.0. The molecular formula is C24H26N4O8S2. The van der Waals surface area contributed by atoms with Gasteiger partial charge in [-0.25, -0.2) is 13.5 Å².